The fraction of sp³-hybridized carbons (Fsp3) is 0.750. The molecule has 0 radical (unpaired) electrons. The monoisotopic (exact) mass is 168 g/mol. The lowest BCUT2D eigenvalue weighted by atomic mass is 10.2. The highest BCUT2D eigenvalue weighted by Crippen LogP contribution is 1.97. The third-order valence-electron chi connectivity index (χ3n) is 1.76. The normalized spacial score (nSPS) is 10.5. The van der Waals surface area contributed by atoms with Gasteiger partial charge < -0.3 is 5.73 Å². The Morgan fingerprint density at radius 1 is 1.50 bits per heavy atom. The van der Waals surface area contributed by atoms with Gasteiger partial charge in [-0.05, 0) is 6.42 Å². The highest BCUT2D eigenvalue weighted by atomic mass is 15.3. The van der Waals surface area contributed by atoms with Crippen molar-refractivity contribution in [2.75, 3.05) is 0 Å². The van der Waals surface area contributed by atoms with Crippen LogP contribution in [0.15, 0.2) is 6.33 Å². The number of hydrogen-bond acceptors (Lipinski definition) is 3. The van der Waals surface area contributed by atoms with Crippen LogP contribution in [0.1, 0.15) is 32.0 Å². The molecule has 0 saturated carbocycles. The maximum absolute atomic E-state index is 5.38. The first kappa shape index (κ1) is 9.19. The molecule has 0 amide bonds. The lowest BCUT2D eigenvalue weighted by Gasteiger charge is -1.97. The maximum Gasteiger partial charge on any atom is 0.164 e. The Balaban J connectivity index is 2.31. The van der Waals surface area contributed by atoms with Gasteiger partial charge >= 0.3 is 0 Å². The van der Waals surface area contributed by atoms with Crippen LogP contribution < -0.4 is 5.73 Å². The van der Waals surface area contributed by atoms with Gasteiger partial charge in [-0.25, -0.2) is 4.98 Å². The fourth-order valence-electron chi connectivity index (χ4n) is 1.06. The summed E-state index contributed by atoms with van der Waals surface area (Å²) in [6.45, 7) is 3.58. The lowest BCUT2D eigenvalue weighted by molar-refractivity contribution is 0.548. The highest BCUT2D eigenvalue weighted by Gasteiger charge is 1.96. The van der Waals surface area contributed by atoms with Crippen molar-refractivity contribution < 1.29 is 0 Å². The summed E-state index contributed by atoms with van der Waals surface area (Å²) in [5.41, 5.74) is 5.38. The Morgan fingerprint density at radius 2 is 2.33 bits per heavy atom. The zero-order chi connectivity index (χ0) is 8.81. The summed E-state index contributed by atoms with van der Waals surface area (Å²) in [4.78, 5) is 4.04. The van der Waals surface area contributed by atoms with Gasteiger partial charge in [-0.1, -0.05) is 19.8 Å². The van der Waals surface area contributed by atoms with Gasteiger partial charge in [0.25, 0.3) is 0 Å². The van der Waals surface area contributed by atoms with E-state index in [4.69, 9.17) is 5.73 Å². The minimum Gasteiger partial charge on any atom is -0.324 e. The summed E-state index contributed by atoms with van der Waals surface area (Å²) in [7, 11) is 0. The Labute approximate surface area is 72.8 Å². The zero-order valence-electron chi connectivity index (χ0n) is 7.53. The van der Waals surface area contributed by atoms with Crippen molar-refractivity contribution in [2.45, 2.75) is 39.3 Å². The molecule has 0 fully saturated rings. The Bertz CT molecular complexity index is 219. The van der Waals surface area contributed by atoms with Gasteiger partial charge in [0.2, 0.25) is 0 Å². The molecule has 0 aliphatic rings. The molecule has 0 aromatic carbocycles. The standard InChI is InChI=1S/C8H16N4/c1-2-3-4-5-12-7-10-8(6-9)11-12/h7H,2-6,9H2,1H3. The van der Waals surface area contributed by atoms with E-state index in [0.717, 1.165) is 12.4 Å². The number of unbranched alkanes of at least 4 members (excludes halogenated alkanes) is 2. The molecular formula is C8H16N4. The van der Waals surface area contributed by atoms with Crippen molar-refractivity contribution >= 4 is 0 Å². The summed E-state index contributed by atoms with van der Waals surface area (Å²) in [5.74, 6) is 0.728. The molecule has 0 aliphatic carbocycles. The predicted octanol–water partition coefficient (Wildman–Crippen LogP) is 0.927. The second kappa shape index (κ2) is 4.87. The molecule has 0 saturated heterocycles. The quantitative estimate of drug-likeness (QED) is 0.665. The van der Waals surface area contributed by atoms with Crippen molar-refractivity contribution in [1.82, 2.24) is 14.8 Å². The van der Waals surface area contributed by atoms with Crippen LogP contribution in [0.3, 0.4) is 0 Å². The Morgan fingerprint density at radius 3 is 2.92 bits per heavy atom. The molecule has 2 N–H and O–H groups in total. The molecule has 4 nitrogen and oxygen atoms in total. The molecule has 12 heavy (non-hydrogen) atoms. The molecule has 0 aliphatic heterocycles. The molecule has 0 atom stereocenters. The van der Waals surface area contributed by atoms with Crippen LogP contribution in [0.25, 0.3) is 0 Å². The fourth-order valence-corrected chi connectivity index (χ4v) is 1.06. The summed E-state index contributed by atoms with van der Waals surface area (Å²) >= 11 is 0. The van der Waals surface area contributed by atoms with Crippen LogP contribution in [0.4, 0.5) is 0 Å². The average molecular weight is 168 g/mol. The van der Waals surface area contributed by atoms with E-state index < -0.39 is 0 Å². The van der Waals surface area contributed by atoms with Gasteiger partial charge in [-0.3, -0.25) is 4.68 Å². The van der Waals surface area contributed by atoms with Crippen molar-refractivity contribution in [3.05, 3.63) is 12.2 Å². The van der Waals surface area contributed by atoms with Crippen molar-refractivity contribution in [2.24, 2.45) is 5.73 Å². The van der Waals surface area contributed by atoms with E-state index in [9.17, 15) is 0 Å². The summed E-state index contributed by atoms with van der Waals surface area (Å²) in [5, 5.41) is 4.18. The van der Waals surface area contributed by atoms with Crippen LogP contribution in [0, 0.1) is 0 Å². The van der Waals surface area contributed by atoms with Crippen LogP contribution in [-0.4, -0.2) is 14.8 Å². The Hall–Kier alpha value is -0.900. The summed E-state index contributed by atoms with van der Waals surface area (Å²) < 4.78 is 1.86. The number of aromatic nitrogens is 3. The van der Waals surface area contributed by atoms with Gasteiger partial charge in [0, 0.05) is 6.54 Å². The number of rotatable bonds is 5. The minimum absolute atomic E-state index is 0.431. The molecule has 68 valence electrons. The molecule has 1 aromatic heterocycles. The third-order valence-corrected chi connectivity index (χ3v) is 1.76. The van der Waals surface area contributed by atoms with E-state index in [1.807, 2.05) is 4.68 Å². The second-order valence-electron chi connectivity index (χ2n) is 2.84. The molecule has 1 rings (SSSR count). The first-order valence-corrected chi connectivity index (χ1v) is 4.45. The number of nitrogens with two attached hydrogens (primary N) is 1. The van der Waals surface area contributed by atoms with Gasteiger partial charge in [-0.2, -0.15) is 5.10 Å². The van der Waals surface area contributed by atoms with E-state index in [1.165, 1.54) is 19.3 Å². The van der Waals surface area contributed by atoms with Crippen molar-refractivity contribution in [3.8, 4) is 0 Å². The zero-order valence-corrected chi connectivity index (χ0v) is 7.53. The predicted molar refractivity (Wildman–Crippen MR) is 47.4 cm³/mol. The third kappa shape index (κ3) is 2.62. The first-order valence-electron chi connectivity index (χ1n) is 4.45. The molecular weight excluding hydrogens is 152 g/mol. The summed E-state index contributed by atoms with van der Waals surface area (Å²) in [6.07, 6.45) is 5.40. The van der Waals surface area contributed by atoms with Gasteiger partial charge in [0.1, 0.15) is 6.33 Å². The smallest absolute Gasteiger partial charge is 0.164 e. The SMILES string of the molecule is CCCCCn1cnc(CN)n1. The van der Waals surface area contributed by atoms with Crippen LogP contribution in [0.5, 0.6) is 0 Å². The lowest BCUT2D eigenvalue weighted by Crippen LogP contribution is -2.02. The molecule has 0 spiro atoms. The number of aryl methyl sites for hydroxylation is 1. The Kier molecular flexibility index (Phi) is 3.73. The molecule has 0 unspecified atom stereocenters. The number of nitrogens with zero attached hydrogens (tertiary/aromatic N) is 3. The molecule has 1 aromatic rings. The van der Waals surface area contributed by atoms with E-state index in [-0.39, 0.29) is 0 Å². The van der Waals surface area contributed by atoms with E-state index in [1.54, 1.807) is 6.33 Å². The van der Waals surface area contributed by atoms with Crippen LogP contribution in [0.2, 0.25) is 0 Å². The molecule has 4 heteroatoms. The summed E-state index contributed by atoms with van der Waals surface area (Å²) in [6, 6.07) is 0. The largest absolute Gasteiger partial charge is 0.324 e. The molecule has 0 bridgehead atoms. The van der Waals surface area contributed by atoms with Crippen LogP contribution >= 0.6 is 0 Å². The topological polar surface area (TPSA) is 56.7 Å². The highest BCUT2D eigenvalue weighted by molar-refractivity contribution is 4.78. The van der Waals surface area contributed by atoms with Crippen molar-refractivity contribution in [3.63, 3.8) is 0 Å². The second-order valence-corrected chi connectivity index (χ2v) is 2.84. The van der Waals surface area contributed by atoms with E-state index in [0.29, 0.717) is 6.54 Å². The van der Waals surface area contributed by atoms with E-state index >= 15 is 0 Å². The minimum atomic E-state index is 0.431. The van der Waals surface area contributed by atoms with Gasteiger partial charge in [0.15, 0.2) is 5.82 Å². The maximum atomic E-state index is 5.38. The van der Waals surface area contributed by atoms with Crippen LogP contribution in [-0.2, 0) is 13.1 Å². The van der Waals surface area contributed by atoms with Gasteiger partial charge in [0.05, 0.1) is 6.54 Å². The molecule has 1 heterocycles. The van der Waals surface area contributed by atoms with Crippen molar-refractivity contribution in [1.29, 1.82) is 0 Å². The van der Waals surface area contributed by atoms with E-state index in [2.05, 4.69) is 17.0 Å². The first-order chi connectivity index (χ1) is 5.86. The average Bonchev–Trinajstić information content (AvgIpc) is 2.53. The number of hydrogen-bond donors (Lipinski definition) is 1. The van der Waals surface area contributed by atoms with Gasteiger partial charge in [-0.15, -0.1) is 0 Å².